The van der Waals surface area contributed by atoms with E-state index in [9.17, 15) is 0 Å². The van der Waals surface area contributed by atoms with Crippen LogP contribution in [-0.4, -0.2) is 8.14 Å². The molecule has 0 nitrogen and oxygen atoms in total. The van der Waals surface area contributed by atoms with E-state index in [1.165, 1.54) is 96.3 Å². The van der Waals surface area contributed by atoms with Gasteiger partial charge in [0.05, 0.1) is 0 Å². The average molecular weight is 378 g/mol. The molecule has 0 heterocycles. The summed E-state index contributed by atoms with van der Waals surface area (Å²) < 4.78 is 0. The SMILES string of the molecule is CCCCCCCCCCCCCCCCC(C)(C)[SiH2]Br. The molecule has 0 bridgehead atoms. The van der Waals surface area contributed by atoms with E-state index in [0.29, 0.717) is 5.04 Å². The fraction of sp³-hybridized carbons (Fsp3) is 1.00. The Kier molecular flexibility index (Phi) is 16.1. The van der Waals surface area contributed by atoms with E-state index >= 15 is 0 Å². The van der Waals surface area contributed by atoms with Gasteiger partial charge >= 0.3 is 0 Å². The molecule has 0 unspecified atom stereocenters. The topological polar surface area (TPSA) is 0 Å². The van der Waals surface area contributed by atoms with Gasteiger partial charge in [0.1, 0.15) is 8.14 Å². The summed E-state index contributed by atoms with van der Waals surface area (Å²) in [4.78, 5) is 0. The number of hydrogen-bond donors (Lipinski definition) is 0. The highest BCUT2D eigenvalue weighted by atomic mass is 79.9. The summed E-state index contributed by atoms with van der Waals surface area (Å²) in [5.74, 6) is 0. The van der Waals surface area contributed by atoms with Crippen molar-refractivity contribution in [3.05, 3.63) is 0 Å². The summed E-state index contributed by atoms with van der Waals surface area (Å²) >= 11 is 3.75. The summed E-state index contributed by atoms with van der Waals surface area (Å²) in [7, 11) is -0.00883. The molecule has 0 saturated carbocycles. The quantitative estimate of drug-likeness (QED) is 0.148. The van der Waals surface area contributed by atoms with Gasteiger partial charge in [-0.3, -0.25) is 0 Å². The zero-order valence-electron chi connectivity index (χ0n) is 15.2. The Morgan fingerprint density at radius 1 is 0.619 bits per heavy atom. The largest absolute Gasteiger partial charge is 0.135 e. The fourth-order valence-corrected chi connectivity index (χ4v) is 4.09. The van der Waals surface area contributed by atoms with Gasteiger partial charge in [0.25, 0.3) is 0 Å². The third kappa shape index (κ3) is 16.9. The third-order valence-corrected chi connectivity index (χ3v) is 10.2. The molecule has 0 N–H and O–H groups in total. The molecular weight excluding hydrogens is 336 g/mol. The van der Waals surface area contributed by atoms with Crippen LogP contribution in [0, 0.1) is 0 Å². The van der Waals surface area contributed by atoms with Gasteiger partial charge in [-0.15, -0.1) is 15.3 Å². The van der Waals surface area contributed by atoms with Crippen LogP contribution in [0.15, 0.2) is 0 Å². The Hall–Kier alpha value is 0.697. The van der Waals surface area contributed by atoms with Crippen LogP contribution in [0.1, 0.15) is 117 Å². The fourth-order valence-electron chi connectivity index (χ4n) is 2.86. The lowest BCUT2D eigenvalue weighted by Gasteiger charge is -2.20. The first kappa shape index (κ1) is 21.7. The van der Waals surface area contributed by atoms with Crippen LogP contribution in [-0.2, 0) is 0 Å². The van der Waals surface area contributed by atoms with Crippen molar-refractivity contribution in [1.29, 1.82) is 0 Å². The van der Waals surface area contributed by atoms with Gasteiger partial charge in [0.15, 0.2) is 0 Å². The lowest BCUT2D eigenvalue weighted by atomic mass is 10.0. The summed E-state index contributed by atoms with van der Waals surface area (Å²) in [5, 5.41) is 0.636. The van der Waals surface area contributed by atoms with E-state index in [2.05, 4.69) is 36.1 Å². The Morgan fingerprint density at radius 2 is 0.952 bits per heavy atom. The van der Waals surface area contributed by atoms with Crippen LogP contribution < -0.4 is 0 Å². The lowest BCUT2D eigenvalue weighted by molar-refractivity contribution is 0.511. The molecule has 0 spiro atoms. The highest BCUT2D eigenvalue weighted by Gasteiger charge is 2.15. The van der Waals surface area contributed by atoms with Crippen molar-refractivity contribution in [3.63, 3.8) is 0 Å². The monoisotopic (exact) mass is 376 g/mol. The highest BCUT2D eigenvalue weighted by molar-refractivity contribution is 9.23. The molecule has 0 rings (SSSR count). The molecule has 0 aliphatic heterocycles. The van der Waals surface area contributed by atoms with E-state index < -0.39 is 0 Å². The Bertz CT molecular complexity index is 204. The zero-order valence-corrected chi connectivity index (χ0v) is 18.2. The molecule has 0 fully saturated rings. The molecule has 0 saturated heterocycles. The van der Waals surface area contributed by atoms with Crippen LogP contribution in [0.25, 0.3) is 0 Å². The molecule has 0 radical (unpaired) electrons. The standard InChI is InChI=1S/C19H41BrSi/c1-4-5-6-7-8-9-10-11-12-13-14-15-16-17-18-19(2,3)21-20/h4-18,21H2,1-3H3. The van der Waals surface area contributed by atoms with E-state index in [1.807, 2.05) is 0 Å². The molecule has 0 aliphatic rings. The minimum Gasteiger partial charge on any atom is -0.135 e. The minimum absolute atomic E-state index is 0.00883. The lowest BCUT2D eigenvalue weighted by Crippen LogP contribution is -2.07. The smallest absolute Gasteiger partial charge is 0.104 e. The third-order valence-electron chi connectivity index (χ3n) is 4.57. The predicted octanol–water partition coefficient (Wildman–Crippen LogP) is 7.54. The van der Waals surface area contributed by atoms with Crippen molar-refractivity contribution in [3.8, 4) is 0 Å². The second-order valence-electron chi connectivity index (χ2n) is 7.64. The first-order valence-electron chi connectivity index (χ1n) is 9.68. The first-order chi connectivity index (χ1) is 10.1. The van der Waals surface area contributed by atoms with Crippen molar-refractivity contribution < 1.29 is 0 Å². The van der Waals surface area contributed by atoms with Crippen molar-refractivity contribution in [2.75, 3.05) is 0 Å². The second-order valence-corrected chi connectivity index (χ2v) is 11.5. The second kappa shape index (κ2) is 15.6. The van der Waals surface area contributed by atoms with Crippen LogP contribution in [0.5, 0.6) is 0 Å². The van der Waals surface area contributed by atoms with Crippen molar-refractivity contribution in [1.82, 2.24) is 0 Å². The van der Waals surface area contributed by atoms with Gasteiger partial charge in [0, 0.05) is 0 Å². The molecule has 0 aromatic carbocycles. The Balaban J connectivity index is 3.06. The van der Waals surface area contributed by atoms with Crippen molar-refractivity contribution >= 4 is 23.4 Å². The highest BCUT2D eigenvalue weighted by Crippen LogP contribution is 2.31. The molecule has 128 valence electrons. The number of rotatable bonds is 16. The molecular formula is C19H41BrSi. The Labute approximate surface area is 145 Å². The summed E-state index contributed by atoms with van der Waals surface area (Å²) in [6.45, 7) is 7.15. The van der Waals surface area contributed by atoms with Gasteiger partial charge in [-0.25, -0.2) is 0 Å². The minimum atomic E-state index is -0.00883. The molecule has 0 atom stereocenters. The van der Waals surface area contributed by atoms with Gasteiger partial charge < -0.3 is 0 Å². The van der Waals surface area contributed by atoms with Crippen LogP contribution >= 0.6 is 15.3 Å². The van der Waals surface area contributed by atoms with Gasteiger partial charge in [-0.1, -0.05) is 117 Å². The van der Waals surface area contributed by atoms with E-state index in [4.69, 9.17) is 0 Å². The van der Waals surface area contributed by atoms with E-state index in [1.54, 1.807) is 0 Å². The van der Waals surface area contributed by atoms with E-state index in [-0.39, 0.29) is 8.14 Å². The van der Waals surface area contributed by atoms with Gasteiger partial charge in [-0.05, 0) is 5.04 Å². The predicted molar refractivity (Wildman–Crippen MR) is 106 cm³/mol. The number of hydrogen-bond acceptors (Lipinski definition) is 0. The van der Waals surface area contributed by atoms with Crippen molar-refractivity contribution in [2.24, 2.45) is 0 Å². The zero-order chi connectivity index (χ0) is 15.8. The van der Waals surface area contributed by atoms with Gasteiger partial charge in [0.2, 0.25) is 0 Å². The normalized spacial score (nSPS) is 12.6. The summed E-state index contributed by atoms with van der Waals surface area (Å²) in [6.07, 6.45) is 21.9. The molecule has 0 aromatic heterocycles. The molecule has 0 aliphatic carbocycles. The summed E-state index contributed by atoms with van der Waals surface area (Å²) in [6, 6.07) is 0. The molecule has 2 heteroatoms. The number of halogens is 1. The maximum Gasteiger partial charge on any atom is 0.104 e. The average Bonchev–Trinajstić information content (AvgIpc) is 2.47. The van der Waals surface area contributed by atoms with Crippen LogP contribution in [0.3, 0.4) is 0 Å². The van der Waals surface area contributed by atoms with E-state index in [0.717, 1.165) is 0 Å². The molecule has 0 aromatic rings. The molecule has 21 heavy (non-hydrogen) atoms. The number of unbranched alkanes of at least 4 members (excludes halogenated alkanes) is 13. The first-order valence-corrected chi connectivity index (χ1v) is 14.3. The van der Waals surface area contributed by atoms with Crippen LogP contribution in [0.4, 0.5) is 0 Å². The summed E-state index contributed by atoms with van der Waals surface area (Å²) in [5.41, 5.74) is 0. The van der Waals surface area contributed by atoms with Crippen molar-refractivity contribution in [2.45, 2.75) is 122 Å². The molecule has 0 amide bonds. The Morgan fingerprint density at radius 3 is 1.29 bits per heavy atom. The maximum absolute atomic E-state index is 3.75. The van der Waals surface area contributed by atoms with Crippen LogP contribution in [0.2, 0.25) is 5.04 Å². The maximum atomic E-state index is 3.75. The van der Waals surface area contributed by atoms with Gasteiger partial charge in [-0.2, -0.15) is 0 Å².